The molecule has 1 unspecified atom stereocenters. The molecule has 0 bridgehead atoms. The summed E-state index contributed by atoms with van der Waals surface area (Å²) < 4.78 is 2.94. The molecule has 2 N–H and O–H groups in total. The molecular formula is C15H15ClN2OS. The number of aromatic nitrogens is 1. The standard InChI is InChI=1S/C15H14N2OS.ClH/c16-15-17(12-8-4-5-9-14(12)19-15)10-13(18)11-6-2-1-3-7-11;/h1-9,13,16,18H,10H2;1H. The Balaban J connectivity index is 0.00000147. The molecule has 0 fully saturated rings. The van der Waals surface area contributed by atoms with Gasteiger partial charge in [-0.05, 0) is 17.7 Å². The van der Waals surface area contributed by atoms with Crippen LogP contribution in [0, 0.1) is 5.41 Å². The minimum Gasteiger partial charge on any atom is -0.387 e. The number of nitrogens with zero attached hydrogens (tertiary/aromatic N) is 1. The number of nitrogens with one attached hydrogen (secondary N) is 1. The van der Waals surface area contributed by atoms with Crippen molar-refractivity contribution < 1.29 is 5.11 Å². The highest BCUT2D eigenvalue weighted by Crippen LogP contribution is 2.20. The van der Waals surface area contributed by atoms with Crippen LogP contribution in [0.3, 0.4) is 0 Å². The molecular weight excluding hydrogens is 292 g/mol. The molecule has 20 heavy (non-hydrogen) atoms. The number of hydrogen-bond acceptors (Lipinski definition) is 3. The summed E-state index contributed by atoms with van der Waals surface area (Å²) in [5.41, 5.74) is 1.89. The van der Waals surface area contributed by atoms with Gasteiger partial charge in [0.2, 0.25) is 0 Å². The van der Waals surface area contributed by atoms with Crippen molar-refractivity contribution in [1.82, 2.24) is 4.57 Å². The molecule has 1 aromatic heterocycles. The van der Waals surface area contributed by atoms with Gasteiger partial charge in [0, 0.05) is 0 Å². The molecule has 1 atom stereocenters. The second-order valence-corrected chi connectivity index (χ2v) is 5.44. The zero-order chi connectivity index (χ0) is 13.2. The number of aliphatic hydroxyl groups is 1. The van der Waals surface area contributed by atoms with Crippen molar-refractivity contribution in [3.05, 3.63) is 65.0 Å². The van der Waals surface area contributed by atoms with Gasteiger partial charge in [0.15, 0.2) is 4.80 Å². The van der Waals surface area contributed by atoms with Crippen LogP contribution in [0.25, 0.3) is 10.2 Å². The van der Waals surface area contributed by atoms with Crippen molar-refractivity contribution in [3.8, 4) is 0 Å². The Morgan fingerprint density at radius 2 is 1.70 bits per heavy atom. The summed E-state index contributed by atoms with van der Waals surface area (Å²) in [6.45, 7) is 0.410. The van der Waals surface area contributed by atoms with Crippen LogP contribution in [-0.4, -0.2) is 9.67 Å². The molecule has 0 amide bonds. The number of benzene rings is 2. The smallest absolute Gasteiger partial charge is 0.183 e. The molecule has 5 heteroatoms. The first-order chi connectivity index (χ1) is 9.25. The molecule has 1 heterocycles. The SMILES string of the molecule is Cl.N=c1sc2ccccc2n1CC(O)c1ccccc1. The Kier molecular flexibility index (Phi) is 4.60. The van der Waals surface area contributed by atoms with Crippen molar-refractivity contribution in [1.29, 1.82) is 5.41 Å². The van der Waals surface area contributed by atoms with Crippen LogP contribution in [0.2, 0.25) is 0 Å². The second-order valence-electron chi connectivity index (χ2n) is 4.41. The monoisotopic (exact) mass is 306 g/mol. The van der Waals surface area contributed by atoms with E-state index in [0.29, 0.717) is 11.3 Å². The van der Waals surface area contributed by atoms with E-state index in [-0.39, 0.29) is 12.4 Å². The zero-order valence-electron chi connectivity index (χ0n) is 10.7. The van der Waals surface area contributed by atoms with Crippen LogP contribution in [0.5, 0.6) is 0 Å². The molecule has 0 aliphatic carbocycles. The van der Waals surface area contributed by atoms with Gasteiger partial charge in [-0.2, -0.15) is 0 Å². The van der Waals surface area contributed by atoms with E-state index in [4.69, 9.17) is 5.41 Å². The number of hydrogen-bond donors (Lipinski definition) is 2. The maximum atomic E-state index is 10.3. The van der Waals surface area contributed by atoms with Gasteiger partial charge in [0.25, 0.3) is 0 Å². The lowest BCUT2D eigenvalue weighted by atomic mass is 10.1. The average molecular weight is 307 g/mol. The number of fused-ring (bicyclic) bond motifs is 1. The average Bonchev–Trinajstić information content (AvgIpc) is 2.76. The first kappa shape index (κ1) is 14.8. The largest absolute Gasteiger partial charge is 0.387 e. The van der Waals surface area contributed by atoms with E-state index in [1.54, 1.807) is 0 Å². The highest BCUT2D eigenvalue weighted by atomic mass is 35.5. The second kappa shape index (κ2) is 6.22. The van der Waals surface area contributed by atoms with Crippen LogP contribution in [-0.2, 0) is 6.54 Å². The van der Waals surface area contributed by atoms with E-state index >= 15 is 0 Å². The fraction of sp³-hybridized carbons (Fsp3) is 0.133. The lowest BCUT2D eigenvalue weighted by molar-refractivity contribution is 0.157. The van der Waals surface area contributed by atoms with Gasteiger partial charge in [-0.3, -0.25) is 5.41 Å². The third kappa shape index (κ3) is 2.77. The lowest BCUT2D eigenvalue weighted by Crippen LogP contribution is -2.18. The fourth-order valence-corrected chi connectivity index (χ4v) is 3.09. The van der Waals surface area contributed by atoms with Crippen molar-refractivity contribution in [2.24, 2.45) is 0 Å². The molecule has 0 aliphatic heterocycles. The minimum atomic E-state index is -0.590. The Morgan fingerprint density at radius 3 is 2.45 bits per heavy atom. The molecule has 2 aromatic carbocycles. The van der Waals surface area contributed by atoms with Crippen molar-refractivity contribution in [3.63, 3.8) is 0 Å². The van der Waals surface area contributed by atoms with Gasteiger partial charge in [0.05, 0.1) is 22.9 Å². The van der Waals surface area contributed by atoms with Gasteiger partial charge >= 0.3 is 0 Å². The molecule has 0 radical (unpaired) electrons. The summed E-state index contributed by atoms with van der Waals surface area (Å²) >= 11 is 1.43. The van der Waals surface area contributed by atoms with Gasteiger partial charge in [-0.25, -0.2) is 0 Å². The summed E-state index contributed by atoms with van der Waals surface area (Å²) in [4.78, 5) is 0.469. The molecule has 0 saturated heterocycles. The summed E-state index contributed by atoms with van der Waals surface area (Å²) in [5, 5.41) is 18.3. The van der Waals surface area contributed by atoms with E-state index in [2.05, 4.69) is 0 Å². The molecule has 104 valence electrons. The highest BCUT2D eigenvalue weighted by molar-refractivity contribution is 7.16. The van der Waals surface area contributed by atoms with Crippen molar-refractivity contribution in [2.45, 2.75) is 12.6 Å². The van der Waals surface area contributed by atoms with Crippen LogP contribution in [0.15, 0.2) is 54.6 Å². The Labute approximate surface area is 127 Å². The quantitative estimate of drug-likeness (QED) is 0.766. The predicted octanol–water partition coefficient (Wildman–Crippen LogP) is 3.34. The molecule has 3 nitrogen and oxygen atoms in total. The normalized spacial score (nSPS) is 12.1. The van der Waals surface area contributed by atoms with Crippen LogP contribution >= 0.6 is 23.7 Å². The van der Waals surface area contributed by atoms with Gasteiger partial charge < -0.3 is 9.67 Å². The number of para-hydroxylation sites is 1. The third-order valence-electron chi connectivity index (χ3n) is 3.15. The molecule has 0 spiro atoms. The maximum Gasteiger partial charge on any atom is 0.183 e. The lowest BCUT2D eigenvalue weighted by Gasteiger charge is -2.12. The predicted molar refractivity (Wildman–Crippen MR) is 84.3 cm³/mol. The number of halogens is 1. The van der Waals surface area contributed by atoms with Crippen LogP contribution in [0.1, 0.15) is 11.7 Å². The first-order valence-electron chi connectivity index (χ1n) is 6.11. The van der Waals surface area contributed by atoms with Gasteiger partial charge in [0.1, 0.15) is 0 Å². The van der Waals surface area contributed by atoms with Crippen molar-refractivity contribution in [2.75, 3.05) is 0 Å². The molecule has 0 aliphatic rings. The molecule has 3 rings (SSSR count). The number of thiazole rings is 1. The topological polar surface area (TPSA) is 49.0 Å². The van der Waals surface area contributed by atoms with E-state index in [0.717, 1.165) is 15.8 Å². The summed E-state index contributed by atoms with van der Waals surface area (Å²) in [6.07, 6.45) is -0.590. The van der Waals surface area contributed by atoms with E-state index < -0.39 is 6.10 Å². The number of aliphatic hydroxyl groups excluding tert-OH is 1. The first-order valence-corrected chi connectivity index (χ1v) is 6.93. The van der Waals surface area contributed by atoms with E-state index in [1.807, 2.05) is 59.2 Å². The minimum absolute atomic E-state index is 0. The summed E-state index contributed by atoms with van der Waals surface area (Å²) in [5.74, 6) is 0. The number of rotatable bonds is 3. The highest BCUT2D eigenvalue weighted by Gasteiger charge is 2.11. The van der Waals surface area contributed by atoms with Crippen molar-refractivity contribution >= 4 is 34.0 Å². The summed E-state index contributed by atoms with van der Waals surface area (Å²) in [7, 11) is 0. The maximum absolute atomic E-state index is 10.3. The van der Waals surface area contributed by atoms with Crippen LogP contribution < -0.4 is 4.80 Å². The molecule has 0 saturated carbocycles. The fourth-order valence-electron chi connectivity index (χ4n) is 2.17. The Hall–Kier alpha value is -1.62. The van der Waals surface area contributed by atoms with E-state index in [1.165, 1.54) is 11.3 Å². The third-order valence-corrected chi connectivity index (χ3v) is 4.13. The Bertz CT molecular complexity index is 751. The molecule has 3 aromatic rings. The van der Waals surface area contributed by atoms with Gasteiger partial charge in [-0.15, -0.1) is 12.4 Å². The van der Waals surface area contributed by atoms with Gasteiger partial charge in [-0.1, -0.05) is 53.8 Å². The van der Waals surface area contributed by atoms with E-state index in [9.17, 15) is 5.11 Å². The Morgan fingerprint density at radius 1 is 1.05 bits per heavy atom. The summed E-state index contributed by atoms with van der Waals surface area (Å²) in [6, 6.07) is 17.5. The van der Waals surface area contributed by atoms with Crippen LogP contribution in [0.4, 0.5) is 0 Å². The zero-order valence-corrected chi connectivity index (χ0v) is 12.3.